The van der Waals surface area contributed by atoms with Gasteiger partial charge in [0.25, 0.3) is 0 Å². The molecule has 0 aromatic carbocycles. The van der Waals surface area contributed by atoms with Crippen molar-refractivity contribution in [3.05, 3.63) is 0 Å². The molecule has 1 heterocycles. The Morgan fingerprint density at radius 3 is 2.67 bits per heavy atom. The van der Waals surface area contributed by atoms with Gasteiger partial charge in [0.1, 0.15) is 0 Å². The minimum absolute atomic E-state index is 0.185. The third kappa shape index (κ3) is 3.87. The first kappa shape index (κ1) is 15.3. The smallest absolute Gasteiger partial charge is 0.319 e. The summed E-state index contributed by atoms with van der Waals surface area (Å²) in [5.74, 6) is 0.597. The van der Waals surface area contributed by atoms with Crippen molar-refractivity contribution < 1.29 is 4.79 Å². The molecule has 0 aliphatic carbocycles. The average molecular weight is 255 g/mol. The lowest BCUT2D eigenvalue weighted by Gasteiger charge is -2.40. The van der Waals surface area contributed by atoms with Crippen LogP contribution in [0.1, 0.15) is 40.0 Å². The highest BCUT2D eigenvalue weighted by atomic mass is 16.2. The van der Waals surface area contributed by atoms with Gasteiger partial charge in [0.15, 0.2) is 0 Å². The summed E-state index contributed by atoms with van der Waals surface area (Å²) >= 11 is 0. The molecule has 0 bridgehead atoms. The van der Waals surface area contributed by atoms with Gasteiger partial charge in [-0.2, -0.15) is 0 Å². The lowest BCUT2D eigenvalue weighted by atomic mass is 9.90. The number of amides is 2. The van der Waals surface area contributed by atoms with E-state index in [9.17, 15) is 4.79 Å². The van der Waals surface area contributed by atoms with E-state index in [0.29, 0.717) is 12.0 Å². The normalized spacial score (nSPS) is 24.1. The summed E-state index contributed by atoms with van der Waals surface area (Å²) in [6.45, 7) is 10.1. The Bertz CT molecular complexity index is 257. The summed E-state index contributed by atoms with van der Waals surface area (Å²) in [6, 6.07) is 0.774. The summed E-state index contributed by atoms with van der Waals surface area (Å²) in [6.07, 6.45) is 3.40. The highest BCUT2D eigenvalue weighted by molar-refractivity contribution is 5.74. The molecule has 0 saturated carbocycles. The van der Waals surface area contributed by atoms with Crippen molar-refractivity contribution >= 4 is 6.03 Å². The van der Waals surface area contributed by atoms with Crippen molar-refractivity contribution in [1.82, 2.24) is 15.1 Å². The lowest BCUT2D eigenvalue weighted by Crippen LogP contribution is -2.53. The molecule has 1 aliphatic rings. The Kier molecular flexibility index (Phi) is 6.47. The van der Waals surface area contributed by atoms with Crippen LogP contribution >= 0.6 is 0 Å². The average Bonchev–Trinajstić information content (AvgIpc) is 2.43. The molecule has 2 unspecified atom stereocenters. The minimum Gasteiger partial charge on any atom is -0.328 e. The van der Waals surface area contributed by atoms with Crippen LogP contribution in [0.15, 0.2) is 0 Å². The van der Waals surface area contributed by atoms with Gasteiger partial charge in [-0.05, 0) is 32.2 Å². The number of hydrogen-bond acceptors (Lipinski definition) is 2. The predicted molar refractivity (Wildman–Crippen MR) is 75.8 cm³/mol. The van der Waals surface area contributed by atoms with Crippen LogP contribution < -0.4 is 5.32 Å². The van der Waals surface area contributed by atoms with E-state index in [-0.39, 0.29) is 6.03 Å². The Morgan fingerprint density at radius 1 is 1.39 bits per heavy atom. The Hall–Kier alpha value is -0.770. The molecule has 18 heavy (non-hydrogen) atoms. The van der Waals surface area contributed by atoms with Crippen molar-refractivity contribution in [2.24, 2.45) is 5.92 Å². The molecular weight excluding hydrogens is 226 g/mol. The number of carbonyl (C=O) groups is 1. The molecule has 4 heteroatoms. The van der Waals surface area contributed by atoms with E-state index in [4.69, 9.17) is 0 Å². The summed E-state index contributed by atoms with van der Waals surface area (Å²) in [7, 11) is 1.88. The predicted octanol–water partition coefficient (Wildman–Crippen LogP) is 2.16. The monoisotopic (exact) mass is 255 g/mol. The standard InChI is InChI=1S/C14H29N3O/c1-5-9-15-13-8-10-17(11-12(13)6-2)14(18)16(4)7-3/h12-13,15H,5-11H2,1-4H3. The zero-order valence-corrected chi connectivity index (χ0v) is 12.4. The molecule has 1 N–H and O–H groups in total. The van der Waals surface area contributed by atoms with Crippen LogP contribution in [0, 0.1) is 5.92 Å². The second-order valence-electron chi connectivity index (χ2n) is 5.26. The van der Waals surface area contributed by atoms with Crippen LogP contribution in [-0.2, 0) is 0 Å². The van der Waals surface area contributed by atoms with E-state index in [1.54, 1.807) is 4.90 Å². The first-order valence-corrected chi connectivity index (χ1v) is 7.37. The van der Waals surface area contributed by atoms with Crippen molar-refractivity contribution in [3.8, 4) is 0 Å². The van der Waals surface area contributed by atoms with Crippen molar-refractivity contribution in [1.29, 1.82) is 0 Å². The molecule has 1 fully saturated rings. The summed E-state index contributed by atoms with van der Waals surface area (Å²) in [5, 5.41) is 3.62. The lowest BCUT2D eigenvalue weighted by molar-refractivity contribution is 0.120. The topological polar surface area (TPSA) is 35.6 Å². The Labute approximate surface area is 112 Å². The molecule has 4 nitrogen and oxygen atoms in total. The molecule has 2 atom stereocenters. The molecule has 0 spiro atoms. The molecule has 0 radical (unpaired) electrons. The van der Waals surface area contributed by atoms with Crippen LogP contribution in [0.5, 0.6) is 0 Å². The fraction of sp³-hybridized carbons (Fsp3) is 0.929. The van der Waals surface area contributed by atoms with Crippen LogP contribution in [-0.4, -0.2) is 55.1 Å². The van der Waals surface area contributed by atoms with Crippen molar-refractivity contribution in [2.75, 3.05) is 33.2 Å². The van der Waals surface area contributed by atoms with Gasteiger partial charge >= 0.3 is 6.03 Å². The number of nitrogens with zero attached hydrogens (tertiary/aromatic N) is 2. The van der Waals surface area contributed by atoms with Gasteiger partial charge in [0, 0.05) is 32.7 Å². The maximum atomic E-state index is 12.1. The Balaban J connectivity index is 2.52. The number of nitrogens with one attached hydrogen (secondary N) is 1. The largest absolute Gasteiger partial charge is 0.328 e. The third-order valence-electron chi connectivity index (χ3n) is 3.99. The molecule has 0 aromatic rings. The highest BCUT2D eigenvalue weighted by Gasteiger charge is 2.30. The van der Waals surface area contributed by atoms with E-state index in [1.165, 1.54) is 6.42 Å². The molecule has 0 aromatic heterocycles. The molecule has 106 valence electrons. The SMILES string of the molecule is CCCNC1CCN(C(=O)N(C)CC)CC1CC. The molecule has 1 aliphatic heterocycles. The van der Waals surface area contributed by atoms with Gasteiger partial charge in [0.05, 0.1) is 0 Å². The number of hydrogen-bond donors (Lipinski definition) is 1. The first-order valence-electron chi connectivity index (χ1n) is 7.37. The Morgan fingerprint density at radius 2 is 2.11 bits per heavy atom. The highest BCUT2D eigenvalue weighted by Crippen LogP contribution is 2.21. The van der Waals surface area contributed by atoms with E-state index in [0.717, 1.165) is 39.0 Å². The van der Waals surface area contributed by atoms with Crippen molar-refractivity contribution in [2.45, 2.75) is 46.1 Å². The molecular formula is C14H29N3O. The zero-order valence-electron chi connectivity index (χ0n) is 12.4. The van der Waals surface area contributed by atoms with E-state index >= 15 is 0 Å². The van der Waals surface area contributed by atoms with Gasteiger partial charge in [-0.1, -0.05) is 20.3 Å². The van der Waals surface area contributed by atoms with E-state index in [1.807, 2.05) is 18.9 Å². The van der Waals surface area contributed by atoms with Crippen molar-refractivity contribution in [3.63, 3.8) is 0 Å². The quantitative estimate of drug-likeness (QED) is 0.817. The number of piperidine rings is 1. The molecule has 1 rings (SSSR count). The first-order chi connectivity index (χ1) is 8.63. The summed E-state index contributed by atoms with van der Waals surface area (Å²) in [5.41, 5.74) is 0. The molecule has 2 amide bonds. The van der Waals surface area contributed by atoms with Gasteiger partial charge in [-0.15, -0.1) is 0 Å². The fourth-order valence-electron chi connectivity index (χ4n) is 2.59. The number of urea groups is 1. The van der Waals surface area contributed by atoms with Crippen LogP contribution in [0.25, 0.3) is 0 Å². The number of carbonyl (C=O) groups excluding carboxylic acids is 1. The van der Waals surface area contributed by atoms with Gasteiger partial charge < -0.3 is 15.1 Å². The number of rotatable bonds is 5. The van der Waals surface area contributed by atoms with Gasteiger partial charge in [-0.25, -0.2) is 4.79 Å². The van der Waals surface area contributed by atoms with Crippen LogP contribution in [0.3, 0.4) is 0 Å². The summed E-state index contributed by atoms with van der Waals surface area (Å²) < 4.78 is 0. The maximum Gasteiger partial charge on any atom is 0.319 e. The second kappa shape index (κ2) is 7.62. The minimum atomic E-state index is 0.185. The van der Waals surface area contributed by atoms with Gasteiger partial charge in [-0.3, -0.25) is 0 Å². The van der Waals surface area contributed by atoms with E-state index < -0.39 is 0 Å². The van der Waals surface area contributed by atoms with E-state index in [2.05, 4.69) is 19.2 Å². The summed E-state index contributed by atoms with van der Waals surface area (Å²) in [4.78, 5) is 16.0. The maximum absolute atomic E-state index is 12.1. The van der Waals surface area contributed by atoms with Crippen LogP contribution in [0.2, 0.25) is 0 Å². The van der Waals surface area contributed by atoms with Crippen LogP contribution in [0.4, 0.5) is 4.79 Å². The van der Waals surface area contributed by atoms with Gasteiger partial charge in [0.2, 0.25) is 0 Å². The zero-order chi connectivity index (χ0) is 13.5. The number of likely N-dealkylation sites (tertiary alicyclic amines) is 1. The molecule has 1 saturated heterocycles. The fourth-order valence-corrected chi connectivity index (χ4v) is 2.59. The third-order valence-corrected chi connectivity index (χ3v) is 3.99. The second-order valence-corrected chi connectivity index (χ2v) is 5.26.